The molecule has 0 saturated carbocycles. The van der Waals surface area contributed by atoms with Crippen LogP contribution in [0.2, 0.25) is 0 Å². The van der Waals surface area contributed by atoms with Crippen LogP contribution in [0.5, 0.6) is 0 Å². The van der Waals surface area contributed by atoms with Crippen LogP contribution in [0.1, 0.15) is 65.7 Å². The molecule has 0 fully saturated rings. The van der Waals surface area contributed by atoms with Crippen molar-refractivity contribution in [2.24, 2.45) is 0 Å². The smallest absolute Gasteiger partial charge is 0.158 e. The standard InChI is InChI=1S/C15H24O/c1-12-10-8-6-4-5-7-9-11-15(16)14(3)13(12)2/h10H,4-9,11H2,1-3H3. The molecular formula is C15H24O. The Morgan fingerprint density at radius 3 is 2.25 bits per heavy atom. The minimum atomic E-state index is 0.339. The van der Waals surface area contributed by atoms with Crippen LogP contribution in [-0.2, 0) is 4.79 Å². The van der Waals surface area contributed by atoms with Gasteiger partial charge in [-0.15, -0.1) is 0 Å². The van der Waals surface area contributed by atoms with E-state index in [1.807, 2.05) is 6.92 Å². The first kappa shape index (κ1) is 13.2. The zero-order valence-corrected chi connectivity index (χ0v) is 10.9. The van der Waals surface area contributed by atoms with Crippen molar-refractivity contribution in [1.29, 1.82) is 0 Å². The van der Waals surface area contributed by atoms with Crippen LogP contribution in [0.3, 0.4) is 0 Å². The molecule has 0 aromatic heterocycles. The Hall–Kier alpha value is -0.850. The molecule has 0 bridgehead atoms. The van der Waals surface area contributed by atoms with Gasteiger partial charge in [0.15, 0.2) is 5.78 Å². The summed E-state index contributed by atoms with van der Waals surface area (Å²) >= 11 is 0. The molecule has 0 radical (unpaired) electrons. The summed E-state index contributed by atoms with van der Waals surface area (Å²) in [5.41, 5.74) is 3.44. The van der Waals surface area contributed by atoms with Gasteiger partial charge in [-0.1, -0.05) is 30.9 Å². The van der Waals surface area contributed by atoms with E-state index in [1.54, 1.807) is 0 Å². The summed E-state index contributed by atoms with van der Waals surface area (Å²) < 4.78 is 0. The van der Waals surface area contributed by atoms with Crippen molar-refractivity contribution < 1.29 is 4.79 Å². The van der Waals surface area contributed by atoms with Crippen molar-refractivity contribution >= 4 is 5.78 Å². The van der Waals surface area contributed by atoms with Crippen LogP contribution >= 0.6 is 0 Å². The van der Waals surface area contributed by atoms with Gasteiger partial charge in [0.1, 0.15) is 0 Å². The highest BCUT2D eigenvalue weighted by molar-refractivity contribution is 5.96. The van der Waals surface area contributed by atoms with Crippen molar-refractivity contribution in [3.8, 4) is 0 Å². The lowest BCUT2D eigenvalue weighted by atomic mass is 9.95. The summed E-state index contributed by atoms with van der Waals surface area (Å²) in [4.78, 5) is 11.9. The lowest BCUT2D eigenvalue weighted by molar-refractivity contribution is -0.115. The first-order valence-corrected chi connectivity index (χ1v) is 6.50. The molecule has 0 aliphatic heterocycles. The van der Waals surface area contributed by atoms with Gasteiger partial charge in [-0.2, -0.15) is 0 Å². The Labute approximate surface area is 99.6 Å². The van der Waals surface area contributed by atoms with Gasteiger partial charge in [0.2, 0.25) is 0 Å². The number of allylic oxidation sites excluding steroid dienone is 4. The number of Topliss-reactive ketones (excluding diaryl/α,β-unsaturated/α-hetero) is 1. The maximum atomic E-state index is 11.9. The molecule has 16 heavy (non-hydrogen) atoms. The molecule has 1 rings (SSSR count). The molecule has 0 atom stereocenters. The summed E-state index contributed by atoms with van der Waals surface area (Å²) in [5, 5.41) is 0. The van der Waals surface area contributed by atoms with Gasteiger partial charge in [-0.25, -0.2) is 0 Å². The first-order chi connectivity index (χ1) is 7.63. The molecule has 1 nitrogen and oxygen atoms in total. The third kappa shape index (κ3) is 3.96. The molecule has 1 heteroatoms. The van der Waals surface area contributed by atoms with E-state index in [1.165, 1.54) is 36.8 Å². The number of rotatable bonds is 0. The zero-order valence-electron chi connectivity index (χ0n) is 10.9. The second-order valence-electron chi connectivity index (χ2n) is 4.87. The molecule has 0 spiro atoms. The number of hydrogen-bond donors (Lipinski definition) is 0. The van der Waals surface area contributed by atoms with E-state index in [0.29, 0.717) is 5.78 Å². The fourth-order valence-electron chi connectivity index (χ4n) is 2.12. The summed E-state index contributed by atoms with van der Waals surface area (Å²) in [6, 6.07) is 0. The Morgan fingerprint density at radius 1 is 0.875 bits per heavy atom. The molecule has 0 amide bonds. The quantitative estimate of drug-likeness (QED) is 0.584. The highest BCUT2D eigenvalue weighted by atomic mass is 16.1. The van der Waals surface area contributed by atoms with E-state index in [4.69, 9.17) is 0 Å². The third-order valence-corrected chi connectivity index (χ3v) is 3.63. The predicted molar refractivity (Wildman–Crippen MR) is 69.5 cm³/mol. The second kappa shape index (κ2) is 6.67. The topological polar surface area (TPSA) is 17.1 Å². The van der Waals surface area contributed by atoms with Gasteiger partial charge in [-0.3, -0.25) is 4.79 Å². The normalized spacial score (nSPS) is 21.2. The van der Waals surface area contributed by atoms with Crippen molar-refractivity contribution in [3.63, 3.8) is 0 Å². The average molecular weight is 220 g/mol. The van der Waals surface area contributed by atoms with Crippen molar-refractivity contribution in [2.75, 3.05) is 0 Å². The summed E-state index contributed by atoms with van der Waals surface area (Å²) in [5.74, 6) is 0.339. The molecule has 0 unspecified atom stereocenters. The molecule has 0 saturated heterocycles. The van der Waals surface area contributed by atoms with Gasteiger partial charge in [0.05, 0.1) is 0 Å². The number of carbonyl (C=O) groups is 1. The number of carbonyl (C=O) groups excluding carboxylic acids is 1. The fourth-order valence-corrected chi connectivity index (χ4v) is 2.12. The molecule has 0 aromatic rings. The van der Waals surface area contributed by atoms with E-state index >= 15 is 0 Å². The maximum absolute atomic E-state index is 11.9. The van der Waals surface area contributed by atoms with Crippen LogP contribution in [0, 0.1) is 0 Å². The third-order valence-electron chi connectivity index (χ3n) is 3.63. The van der Waals surface area contributed by atoms with Gasteiger partial charge >= 0.3 is 0 Å². The van der Waals surface area contributed by atoms with Gasteiger partial charge in [0.25, 0.3) is 0 Å². The van der Waals surface area contributed by atoms with E-state index in [9.17, 15) is 4.79 Å². The Morgan fingerprint density at radius 2 is 1.50 bits per heavy atom. The summed E-state index contributed by atoms with van der Waals surface area (Å²) in [6.45, 7) is 6.17. The summed E-state index contributed by atoms with van der Waals surface area (Å²) in [6.07, 6.45) is 10.3. The number of hydrogen-bond acceptors (Lipinski definition) is 1. The van der Waals surface area contributed by atoms with Crippen LogP contribution < -0.4 is 0 Å². The minimum absolute atomic E-state index is 0.339. The van der Waals surface area contributed by atoms with E-state index in [0.717, 1.165) is 24.8 Å². The van der Waals surface area contributed by atoms with Crippen molar-refractivity contribution in [2.45, 2.75) is 65.7 Å². The van der Waals surface area contributed by atoms with Gasteiger partial charge in [-0.05, 0) is 51.2 Å². The van der Waals surface area contributed by atoms with Crippen LogP contribution in [0.25, 0.3) is 0 Å². The SMILES string of the molecule is CC1=CCCCCCCCC(=O)C(C)=C1C. The maximum Gasteiger partial charge on any atom is 0.158 e. The highest BCUT2D eigenvalue weighted by Gasteiger charge is 2.09. The Balaban J connectivity index is 2.83. The van der Waals surface area contributed by atoms with Crippen molar-refractivity contribution in [3.05, 3.63) is 22.8 Å². The lowest BCUT2D eigenvalue weighted by Crippen LogP contribution is -2.03. The molecule has 0 N–H and O–H groups in total. The molecule has 1 aliphatic rings. The average Bonchev–Trinajstić information content (AvgIpc) is 2.28. The van der Waals surface area contributed by atoms with E-state index < -0.39 is 0 Å². The van der Waals surface area contributed by atoms with Crippen LogP contribution in [0.4, 0.5) is 0 Å². The first-order valence-electron chi connectivity index (χ1n) is 6.50. The Kier molecular flexibility index (Phi) is 5.51. The fraction of sp³-hybridized carbons (Fsp3) is 0.667. The van der Waals surface area contributed by atoms with Crippen molar-refractivity contribution in [1.82, 2.24) is 0 Å². The number of ketones is 1. The molecule has 0 heterocycles. The Bertz CT molecular complexity index is 307. The lowest BCUT2D eigenvalue weighted by Gasteiger charge is -2.09. The van der Waals surface area contributed by atoms with Gasteiger partial charge in [0, 0.05) is 6.42 Å². The second-order valence-corrected chi connectivity index (χ2v) is 4.87. The monoisotopic (exact) mass is 220 g/mol. The minimum Gasteiger partial charge on any atom is -0.295 e. The largest absolute Gasteiger partial charge is 0.295 e. The summed E-state index contributed by atoms with van der Waals surface area (Å²) in [7, 11) is 0. The van der Waals surface area contributed by atoms with Gasteiger partial charge < -0.3 is 0 Å². The molecular weight excluding hydrogens is 196 g/mol. The predicted octanol–water partition coefficient (Wildman–Crippen LogP) is 4.58. The van der Waals surface area contributed by atoms with E-state index in [2.05, 4.69) is 19.9 Å². The molecule has 90 valence electrons. The van der Waals surface area contributed by atoms with E-state index in [-0.39, 0.29) is 0 Å². The molecule has 0 aromatic carbocycles. The highest BCUT2D eigenvalue weighted by Crippen LogP contribution is 2.19. The zero-order chi connectivity index (χ0) is 12.0. The van der Waals surface area contributed by atoms with Crippen LogP contribution in [-0.4, -0.2) is 5.78 Å². The van der Waals surface area contributed by atoms with Crippen LogP contribution in [0.15, 0.2) is 22.8 Å². The molecule has 1 aliphatic carbocycles.